The average Bonchev–Trinajstić information content (AvgIpc) is 2.32. The summed E-state index contributed by atoms with van der Waals surface area (Å²) >= 11 is 0. The van der Waals surface area contributed by atoms with Gasteiger partial charge in [0.15, 0.2) is 0 Å². The van der Waals surface area contributed by atoms with Crippen molar-refractivity contribution in [2.75, 3.05) is 6.61 Å². The van der Waals surface area contributed by atoms with Gasteiger partial charge < -0.3 is 4.74 Å². The molecule has 0 saturated carbocycles. The molecule has 0 aromatic heterocycles. The molecule has 0 fully saturated rings. The van der Waals surface area contributed by atoms with Crippen LogP contribution >= 0.6 is 0 Å². The van der Waals surface area contributed by atoms with E-state index in [2.05, 4.69) is 19.1 Å². The molecule has 0 spiro atoms. The van der Waals surface area contributed by atoms with Crippen molar-refractivity contribution >= 4 is 6.29 Å². The highest BCUT2D eigenvalue weighted by Gasteiger charge is 1.96. The zero-order valence-electron chi connectivity index (χ0n) is 9.87. The summed E-state index contributed by atoms with van der Waals surface area (Å²) in [7, 11) is 0. The van der Waals surface area contributed by atoms with Gasteiger partial charge in [0.25, 0.3) is 0 Å². The van der Waals surface area contributed by atoms with Crippen molar-refractivity contribution in [1.82, 2.24) is 0 Å². The normalized spacial score (nSPS) is 10.1. The Bertz CT molecular complexity index is 290. The lowest BCUT2D eigenvalue weighted by Gasteiger charge is -2.05. The highest BCUT2D eigenvalue weighted by atomic mass is 16.5. The van der Waals surface area contributed by atoms with Crippen LogP contribution < -0.4 is 4.74 Å². The molecular weight excluding hydrogens is 200 g/mol. The van der Waals surface area contributed by atoms with Crippen LogP contribution in [0.5, 0.6) is 5.75 Å². The number of hydrogen-bond acceptors (Lipinski definition) is 2. The van der Waals surface area contributed by atoms with E-state index in [1.165, 1.54) is 24.8 Å². The topological polar surface area (TPSA) is 26.3 Å². The Morgan fingerprint density at radius 1 is 1.19 bits per heavy atom. The lowest BCUT2D eigenvalue weighted by atomic mass is 10.1. The molecule has 2 nitrogen and oxygen atoms in total. The molecule has 0 aliphatic rings. The molecule has 1 aromatic rings. The molecule has 87 valence electrons. The maximum atomic E-state index is 9.99. The van der Waals surface area contributed by atoms with Gasteiger partial charge in [-0.3, -0.25) is 4.79 Å². The molecule has 0 bridgehead atoms. The van der Waals surface area contributed by atoms with E-state index in [1.807, 2.05) is 18.4 Å². The molecule has 1 radical (unpaired) electrons. The fraction of sp³-hybridized carbons (Fsp3) is 0.500. The Morgan fingerprint density at radius 2 is 1.94 bits per heavy atom. The first-order valence-corrected chi connectivity index (χ1v) is 5.93. The van der Waals surface area contributed by atoms with E-state index in [-0.39, 0.29) is 0 Å². The number of hydrogen-bond donors (Lipinski definition) is 0. The zero-order valence-corrected chi connectivity index (χ0v) is 9.87. The predicted molar refractivity (Wildman–Crippen MR) is 65.5 cm³/mol. The van der Waals surface area contributed by atoms with Crippen LogP contribution in [-0.2, 0) is 11.2 Å². The number of aryl methyl sites for hydroxylation is 1. The Labute approximate surface area is 97.6 Å². The summed E-state index contributed by atoms with van der Waals surface area (Å²) < 4.78 is 5.36. The van der Waals surface area contributed by atoms with E-state index in [1.54, 1.807) is 0 Å². The molecule has 0 amide bonds. The van der Waals surface area contributed by atoms with Crippen LogP contribution in [0, 0.1) is 0 Å². The molecule has 0 heterocycles. The molecule has 0 N–H and O–H groups in total. The van der Waals surface area contributed by atoms with Gasteiger partial charge in [-0.05, 0) is 30.5 Å². The van der Waals surface area contributed by atoms with Crippen LogP contribution in [0.2, 0.25) is 0 Å². The van der Waals surface area contributed by atoms with Gasteiger partial charge in [-0.2, -0.15) is 0 Å². The van der Waals surface area contributed by atoms with Crippen molar-refractivity contribution in [1.29, 1.82) is 0 Å². The smallest absolute Gasteiger partial charge is 0.201 e. The van der Waals surface area contributed by atoms with Crippen LogP contribution in [0.15, 0.2) is 24.3 Å². The minimum absolute atomic E-state index is 0.332. The van der Waals surface area contributed by atoms with Gasteiger partial charge in [0.1, 0.15) is 5.75 Å². The fourth-order valence-corrected chi connectivity index (χ4v) is 1.54. The summed E-state index contributed by atoms with van der Waals surface area (Å²) in [4.78, 5) is 9.99. The van der Waals surface area contributed by atoms with Crippen LogP contribution in [0.1, 0.15) is 38.2 Å². The van der Waals surface area contributed by atoms with Crippen molar-refractivity contribution in [3.63, 3.8) is 0 Å². The molecule has 2 heteroatoms. The lowest BCUT2D eigenvalue weighted by molar-refractivity contribution is 0.326. The Balaban J connectivity index is 2.32. The summed E-state index contributed by atoms with van der Waals surface area (Å²) in [5.41, 5.74) is 1.35. The maximum Gasteiger partial charge on any atom is 0.201 e. The van der Waals surface area contributed by atoms with Crippen LogP contribution in [0.4, 0.5) is 0 Å². The van der Waals surface area contributed by atoms with Gasteiger partial charge in [-0.1, -0.05) is 31.9 Å². The van der Waals surface area contributed by atoms with E-state index in [4.69, 9.17) is 4.74 Å². The van der Waals surface area contributed by atoms with Crippen molar-refractivity contribution in [2.45, 2.75) is 39.0 Å². The highest BCUT2D eigenvalue weighted by molar-refractivity contribution is 5.50. The Morgan fingerprint density at radius 3 is 2.56 bits per heavy atom. The molecule has 0 unspecified atom stereocenters. The quantitative estimate of drug-likeness (QED) is 0.627. The first-order valence-electron chi connectivity index (χ1n) is 5.93. The minimum Gasteiger partial charge on any atom is -0.493 e. The standard InChI is InChI=1S/C14H19O2/c1-2-3-4-6-13-7-9-14(10-8-13)16-12-5-11-15/h7-10H,2-6,12H2,1H3. The molecule has 1 aromatic carbocycles. The molecule has 16 heavy (non-hydrogen) atoms. The van der Waals surface area contributed by atoms with Gasteiger partial charge in [0, 0.05) is 6.42 Å². The summed E-state index contributed by atoms with van der Waals surface area (Å²) in [6.07, 6.45) is 7.06. The molecule has 0 atom stereocenters. The molecule has 0 saturated heterocycles. The van der Waals surface area contributed by atoms with Gasteiger partial charge >= 0.3 is 0 Å². The fourth-order valence-electron chi connectivity index (χ4n) is 1.54. The second-order valence-electron chi connectivity index (χ2n) is 3.84. The van der Waals surface area contributed by atoms with Crippen molar-refractivity contribution in [3.8, 4) is 5.75 Å². The summed E-state index contributed by atoms with van der Waals surface area (Å²) in [6.45, 7) is 2.62. The van der Waals surface area contributed by atoms with Gasteiger partial charge in [-0.25, -0.2) is 0 Å². The van der Waals surface area contributed by atoms with Gasteiger partial charge in [0.05, 0.1) is 6.61 Å². The SMILES string of the molecule is CCCCCc1ccc(OCC[C]=O)cc1. The first kappa shape index (κ1) is 12.8. The first-order chi connectivity index (χ1) is 7.86. The van der Waals surface area contributed by atoms with Gasteiger partial charge in [0.2, 0.25) is 6.29 Å². The van der Waals surface area contributed by atoms with Crippen molar-refractivity contribution < 1.29 is 9.53 Å². The summed E-state index contributed by atoms with van der Waals surface area (Å²) in [5, 5.41) is 0. The third-order valence-corrected chi connectivity index (χ3v) is 2.47. The second-order valence-corrected chi connectivity index (χ2v) is 3.84. The van der Waals surface area contributed by atoms with E-state index in [0.29, 0.717) is 13.0 Å². The minimum atomic E-state index is 0.332. The average molecular weight is 219 g/mol. The van der Waals surface area contributed by atoms with Crippen LogP contribution in [0.3, 0.4) is 0 Å². The second kappa shape index (κ2) is 7.91. The molecule has 0 aliphatic heterocycles. The third-order valence-electron chi connectivity index (χ3n) is 2.47. The van der Waals surface area contributed by atoms with E-state index < -0.39 is 0 Å². The molecule has 1 rings (SSSR count). The lowest BCUT2D eigenvalue weighted by Crippen LogP contribution is -1.97. The van der Waals surface area contributed by atoms with Crippen LogP contribution in [-0.4, -0.2) is 12.9 Å². The summed E-state index contributed by atoms with van der Waals surface area (Å²) in [5.74, 6) is 0.828. The van der Waals surface area contributed by atoms with Crippen molar-refractivity contribution in [2.24, 2.45) is 0 Å². The van der Waals surface area contributed by atoms with E-state index in [9.17, 15) is 4.79 Å². The number of rotatable bonds is 8. The maximum absolute atomic E-state index is 9.99. The Kier molecular flexibility index (Phi) is 6.31. The van der Waals surface area contributed by atoms with E-state index in [0.717, 1.165) is 12.2 Å². The Hall–Kier alpha value is -1.31. The largest absolute Gasteiger partial charge is 0.493 e. The molecular formula is C14H19O2. The number of unbranched alkanes of at least 4 members (excludes halogenated alkanes) is 2. The highest BCUT2D eigenvalue weighted by Crippen LogP contribution is 2.14. The zero-order chi connectivity index (χ0) is 11.6. The van der Waals surface area contributed by atoms with E-state index >= 15 is 0 Å². The molecule has 0 aliphatic carbocycles. The van der Waals surface area contributed by atoms with Crippen LogP contribution in [0.25, 0.3) is 0 Å². The summed E-state index contributed by atoms with van der Waals surface area (Å²) in [6, 6.07) is 8.11. The monoisotopic (exact) mass is 219 g/mol. The van der Waals surface area contributed by atoms with Gasteiger partial charge in [-0.15, -0.1) is 0 Å². The number of ether oxygens (including phenoxy) is 1. The predicted octanol–water partition coefficient (Wildman–Crippen LogP) is 3.30. The van der Waals surface area contributed by atoms with Crippen molar-refractivity contribution in [3.05, 3.63) is 29.8 Å². The number of benzene rings is 1. The number of carbonyl (C=O) groups excluding carboxylic acids is 1. The third kappa shape index (κ3) is 4.96.